The van der Waals surface area contributed by atoms with E-state index in [0.717, 1.165) is 0 Å². The standard InChI is InChI=1S/C9H7BrN2O3/c1-15-6-2-8-11-3-7(10)12(8)4-5(6)9(13)14/h2-4H,1H3,(H,13,14). The van der Waals surface area contributed by atoms with Gasteiger partial charge in [0.1, 0.15) is 21.6 Å². The van der Waals surface area contributed by atoms with Crippen molar-refractivity contribution in [2.45, 2.75) is 0 Å². The van der Waals surface area contributed by atoms with Gasteiger partial charge in [-0.05, 0) is 15.9 Å². The fourth-order valence-electron chi connectivity index (χ4n) is 1.31. The molecule has 0 atom stereocenters. The molecule has 2 heterocycles. The zero-order chi connectivity index (χ0) is 11.0. The van der Waals surface area contributed by atoms with Crippen LogP contribution in [0.5, 0.6) is 5.75 Å². The number of aromatic nitrogens is 2. The molecule has 5 nitrogen and oxygen atoms in total. The van der Waals surface area contributed by atoms with Gasteiger partial charge < -0.3 is 9.84 Å². The summed E-state index contributed by atoms with van der Waals surface area (Å²) in [5.74, 6) is -0.734. The smallest absolute Gasteiger partial charge is 0.341 e. The summed E-state index contributed by atoms with van der Waals surface area (Å²) >= 11 is 3.26. The molecule has 2 rings (SSSR count). The highest BCUT2D eigenvalue weighted by atomic mass is 79.9. The Kier molecular flexibility index (Phi) is 2.36. The first-order valence-electron chi connectivity index (χ1n) is 4.07. The van der Waals surface area contributed by atoms with Gasteiger partial charge in [0.05, 0.1) is 13.3 Å². The molecular weight excluding hydrogens is 264 g/mol. The van der Waals surface area contributed by atoms with Crippen molar-refractivity contribution in [3.05, 3.63) is 28.6 Å². The summed E-state index contributed by atoms with van der Waals surface area (Å²) in [6.07, 6.45) is 3.06. The van der Waals surface area contributed by atoms with Crippen LogP contribution < -0.4 is 4.74 Å². The van der Waals surface area contributed by atoms with Gasteiger partial charge in [-0.1, -0.05) is 0 Å². The van der Waals surface area contributed by atoms with Gasteiger partial charge in [-0.25, -0.2) is 9.78 Å². The number of methoxy groups -OCH3 is 1. The molecule has 0 fully saturated rings. The summed E-state index contributed by atoms with van der Waals surface area (Å²) in [5, 5.41) is 8.96. The number of carboxylic acid groups (broad SMARTS) is 1. The fraction of sp³-hybridized carbons (Fsp3) is 0.111. The van der Waals surface area contributed by atoms with E-state index >= 15 is 0 Å². The number of ether oxygens (including phenoxy) is 1. The molecule has 0 amide bonds. The van der Waals surface area contributed by atoms with Gasteiger partial charge in [0.2, 0.25) is 0 Å². The summed E-state index contributed by atoms with van der Waals surface area (Å²) in [6.45, 7) is 0. The number of aromatic carboxylic acids is 1. The topological polar surface area (TPSA) is 63.8 Å². The van der Waals surface area contributed by atoms with Crippen molar-refractivity contribution in [3.8, 4) is 5.75 Å². The Balaban J connectivity index is 2.77. The lowest BCUT2D eigenvalue weighted by Gasteiger charge is -2.05. The molecule has 0 saturated carbocycles. The monoisotopic (exact) mass is 270 g/mol. The van der Waals surface area contributed by atoms with Crippen molar-refractivity contribution in [1.82, 2.24) is 9.38 Å². The quantitative estimate of drug-likeness (QED) is 0.904. The van der Waals surface area contributed by atoms with Crippen LogP contribution in [-0.2, 0) is 0 Å². The highest BCUT2D eigenvalue weighted by Gasteiger charge is 2.13. The maximum Gasteiger partial charge on any atom is 0.341 e. The van der Waals surface area contributed by atoms with E-state index in [9.17, 15) is 4.79 Å². The van der Waals surface area contributed by atoms with Crippen LogP contribution in [0.1, 0.15) is 10.4 Å². The van der Waals surface area contributed by atoms with Gasteiger partial charge >= 0.3 is 5.97 Å². The molecule has 0 spiro atoms. The molecule has 2 aromatic rings. The van der Waals surface area contributed by atoms with Crippen LogP contribution in [-0.4, -0.2) is 27.6 Å². The minimum absolute atomic E-state index is 0.101. The molecule has 0 saturated heterocycles. The Bertz CT molecular complexity index is 535. The molecular formula is C9H7BrN2O3. The van der Waals surface area contributed by atoms with Crippen LogP contribution in [0.4, 0.5) is 0 Å². The maximum absolute atomic E-state index is 10.9. The second kappa shape index (κ2) is 3.54. The van der Waals surface area contributed by atoms with Gasteiger partial charge in [-0.2, -0.15) is 0 Å². The number of rotatable bonds is 2. The molecule has 0 aromatic carbocycles. The van der Waals surface area contributed by atoms with Crippen LogP contribution in [0.15, 0.2) is 23.1 Å². The summed E-state index contributed by atoms with van der Waals surface area (Å²) in [6, 6.07) is 1.58. The average Bonchev–Trinajstić information content (AvgIpc) is 2.58. The molecule has 0 aliphatic heterocycles. The van der Waals surface area contributed by atoms with Crippen LogP contribution in [0.3, 0.4) is 0 Å². The molecule has 0 radical (unpaired) electrons. The van der Waals surface area contributed by atoms with Gasteiger partial charge in [-0.3, -0.25) is 4.40 Å². The first-order valence-corrected chi connectivity index (χ1v) is 4.86. The first kappa shape index (κ1) is 9.97. The summed E-state index contributed by atoms with van der Waals surface area (Å²) in [4.78, 5) is 15.0. The van der Waals surface area contributed by atoms with E-state index in [1.165, 1.54) is 13.3 Å². The van der Waals surface area contributed by atoms with Crippen LogP contribution >= 0.6 is 15.9 Å². The van der Waals surface area contributed by atoms with E-state index in [0.29, 0.717) is 16.0 Å². The van der Waals surface area contributed by atoms with Crippen molar-refractivity contribution < 1.29 is 14.6 Å². The number of imidazole rings is 1. The van der Waals surface area contributed by atoms with Gasteiger partial charge in [0.25, 0.3) is 0 Å². The largest absolute Gasteiger partial charge is 0.496 e. The highest BCUT2D eigenvalue weighted by molar-refractivity contribution is 9.10. The SMILES string of the molecule is COc1cc2ncc(Br)n2cc1C(=O)O. The maximum atomic E-state index is 10.9. The predicted molar refractivity (Wildman–Crippen MR) is 56.4 cm³/mol. The third kappa shape index (κ3) is 1.56. The lowest BCUT2D eigenvalue weighted by molar-refractivity contribution is 0.0692. The van der Waals surface area contributed by atoms with Crippen molar-refractivity contribution in [3.63, 3.8) is 0 Å². The van der Waals surface area contributed by atoms with E-state index in [-0.39, 0.29) is 5.56 Å². The van der Waals surface area contributed by atoms with Crippen LogP contribution in [0, 0.1) is 0 Å². The Morgan fingerprint density at radius 2 is 2.40 bits per heavy atom. The molecule has 78 valence electrons. The number of hydrogen-bond donors (Lipinski definition) is 1. The minimum atomic E-state index is -1.03. The van der Waals surface area contributed by atoms with Crippen LogP contribution in [0.25, 0.3) is 5.65 Å². The molecule has 0 aliphatic rings. The molecule has 6 heteroatoms. The van der Waals surface area contributed by atoms with Crippen molar-refractivity contribution >= 4 is 27.5 Å². The lowest BCUT2D eigenvalue weighted by Crippen LogP contribution is -2.03. The normalized spacial score (nSPS) is 10.5. The second-order valence-corrected chi connectivity index (χ2v) is 3.68. The fourth-order valence-corrected chi connectivity index (χ4v) is 1.69. The molecule has 0 unspecified atom stereocenters. The number of hydrogen-bond acceptors (Lipinski definition) is 3. The predicted octanol–water partition coefficient (Wildman–Crippen LogP) is 1.80. The van der Waals surface area contributed by atoms with E-state index in [2.05, 4.69) is 20.9 Å². The Labute approximate surface area is 93.4 Å². The van der Waals surface area contributed by atoms with Crippen molar-refractivity contribution in [2.75, 3.05) is 7.11 Å². The highest BCUT2D eigenvalue weighted by Crippen LogP contribution is 2.23. The summed E-state index contributed by atoms with van der Waals surface area (Å²) < 4.78 is 7.30. The number of carboxylic acids is 1. The molecule has 15 heavy (non-hydrogen) atoms. The van der Waals surface area contributed by atoms with Gasteiger partial charge in [0.15, 0.2) is 0 Å². The second-order valence-electron chi connectivity index (χ2n) is 2.87. The molecule has 0 aliphatic carbocycles. The van der Waals surface area contributed by atoms with Crippen LogP contribution in [0.2, 0.25) is 0 Å². The average molecular weight is 271 g/mol. The number of fused-ring (bicyclic) bond motifs is 1. The number of pyridine rings is 1. The number of halogens is 1. The Morgan fingerprint density at radius 3 is 3.00 bits per heavy atom. The summed E-state index contributed by atoms with van der Waals surface area (Å²) in [5.41, 5.74) is 0.729. The molecule has 2 aromatic heterocycles. The molecule has 1 N–H and O–H groups in total. The lowest BCUT2D eigenvalue weighted by atomic mass is 10.2. The first-order chi connectivity index (χ1) is 7.13. The molecule has 0 bridgehead atoms. The number of nitrogens with zero attached hydrogens (tertiary/aromatic N) is 2. The van der Waals surface area contributed by atoms with Crippen molar-refractivity contribution in [1.29, 1.82) is 0 Å². The van der Waals surface area contributed by atoms with Gasteiger partial charge in [0, 0.05) is 12.3 Å². The third-order valence-electron chi connectivity index (χ3n) is 2.01. The van der Waals surface area contributed by atoms with E-state index in [1.807, 2.05) is 0 Å². The minimum Gasteiger partial charge on any atom is -0.496 e. The van der Waals surface area contributed by atoms with E-state index in [4.69, 9.17) is 9.84 Å². The zero-order valence-corrected chi connectivity index (χ0v) is 9.35. The van der Waals surface area contributed by atoms with Crippen molar-refractivity contribution in [2.24, 2.45) is 0 Å². The van der Waals surface area contributed by atoms with E-state index < -0.39 is 5.97 Å². The summed E-state index contributed by atoms with van der Waals surface area (Å²) in [7, 11) is 1.43. The Hall–Kier alpha value is -1.56. The van der Waals surface area contributed by atoms with E-state index in [1.54, 1.807) is 16.7 Å². The zero-order valence-electron chi connectivity index (χ0n) is 7.77. The van der Waals surface area contributed by atoms with Gasteiger partial charge in [-0.15, -0.1) is 0 Å². The Morgan fingerprint density at radius 1 is 1.67 bits per heavy atom. The number of carbonyl (C=O) groups is 1. The third-order valence-corrected chi connectivity index (χ3v) is 2.60.